The molecule has 142 valence electrons. The van der Waals surface area contributed by atoms with Gasteiger partial charge >= 0.3 is 6.09 Å². The van der Waals surface area contributed by atoms with Gasteiger partial charge in [0.2, 0.25) is 0 Å². The first-order valence-corrected chi connectivity index (χ1v) is 9.43. The maximum atomic E-state index is 11.7. The van der Waals surface area contributed by atoms with Crippen LogP contribution in [0.15, 0.2) is 28.3 Å². The van der Waals surface area contributed by atoms with E-state index in [1.54, 1.807) is 18.0 Å². The number of amides is 1. The van der Waals surface area contributed by atoms with Gasteiger partial charge in [-0.15, -0.1) is 0 Å². The van der Waals surface area contributed by atoms with E-state index in [1.807, 2.05) is 44.5 Å². The third-order valence-corrected chi connectivity index (χ3v) is 4.70. The zero-order chi connectivity index (χ0) is 19.3. The molecule has 0 atom stereocenters. The van der Waals surface area contributed by atoms with Crippen molar-refractivity contribution in [2.75, 3.05) is 12.3 Å². The van der Waals surface area contributed by atoms with Crippen molar-refractivity contribution >= 4 is 23.5 Å². The molecule has 2 rings (SSSR count). The van der Waals surface area contributed by atoms with Crippen LogP contribution in [0.1, 0.15) is 39.1 Å². The van der Waals surface area contributed by atoms with E-state index in [2.05, 4.69) is 22.3 Å². The van der Waals surface area contributed by atoms with E-state index in [0.717, 1.165) is 27.7 Å². The largest absolute Gasteiger partial charge is 0.444 e. The molecule has 7 nitrogen and oxygen atoms in total. The maximum absolute atomic E-state index is 11.7. The Bertz CT molecular complexity index is 750. The molecular weight excluding hydrogens is 350 g/mol. The molecule has 2 heterocycles. The van der Waals surface area contributed by atoms with Crippen LogP contribution in [0.25, 0.3) is 0 Å². The lowest BCUT2D eigenvalue weighted by Crippen LogP contribution is -2.34. The van der Waals surface area contributed by atoms with Crippen LogP contribution in [-0.2, 0) is 17.7 Å². The van der Waals surface area contributed by atoms with Crippen molar-refractivity contribution in [3.63, 3.8) is 0 Å². The highest BCUT2D eigenvalue weighted by atomic mass is 32.2. The predicted octanol–water partition coefficient (Wildman–Crippen LogP) is 3.41. The number of aryl methyl sites for hydroxylation is 1. The first kappa shape index (κ1) is 20.1. The Labute approximate surface area is 158 Å². The Morgan fingerprint density at radius 3 is 2.69 bits per heavy atom. The lowest BCUT2D eigenvalue weighted by atomic mass is 10.2. The third-order valence-electron chi connectivity index (χ3n) is 3.51. The lowest BCUT2D eigenvalue weighted by molar-refractivity contribution is 0.0525. The Hall–Kier alpha value is -2.22. The van der Waals surface area contributed by atoms with Crippen LogP contribution in [0.3, 0.4) is 0 Å². The smallest absolute Gasteiger partial charge is 0.407 e. The molecule has 0 radical (unpaired) electrons. The molecule has 0 fully saturated rings. The minimum absolute atomic E-state index is 0.418. The zero-order valence-corrected chi connectivity index (χ0v) is 16.8. The van der Waals surface area contributed by atoms with E-state index < -0.39 is 11.7 Å². The van der Waals surface area contributed by atoms with E-state index in [0.29, 0.717) is 18.8 Å². The second-order valence-corrected chi connectivity index (χ2v) is 7.93. The van der Waals surface area contributed by atoms with E-state index in [1.165, 1.54) is 0 Å². The summed E-state index contributed by atoms with van der Waals surface area (Å²) in [4.78, 5) is 17.2. The van der Waals surface area contributed by atoms with Gasteiger partial charge in [-0.1, -0.05) is 18.7 Å². The Morgan fingerprint density at radius 2 is 2.12 bits per heavy atom. The predicted molar refractivity (Wildman–Crippen MR) is 103 cm³/mol. The molecule has 0 bridgehead atoms. The standard InChI is InChI=1S/C18H27N5O2S/c1-6-14-16(26-15-8-7-13(19)11-21-15)12(2)23(22-14)10-9-20-17(24)25-18(3,4)5/h7-8,11H,6,9-10,19H2,1-5H3,(H,20,24). The van der Waals surface area contributed by atoms with Gasteiger partial charge in [0.05, 0.1) is 29.0 Å². The van der Waals surface area contributed by atoms with Crippen LogP contribution in [0.4, 0.5) is 10.5 Å². The van der Waals surface area contributed by atoms with Crippen molar-refractivity contribution in [2.24, 2.45) is 0 Å². The van der Waals surface area contributed by atoms with Crippen LogP contribution in [0, 0.1) is 6.92 Å². The summed E-state index contributed by atoms with van der Waals surface area (Å²) in [6, 6.07) is 3.74. The molecule has 8 heteroatoms. The van der Waals surface area contributed by atoms with Crippen LogP contribution in [0.5, 0.6) is 0 Å². The van der Waals surface area contributed by atoms with E-state index >= 15 is 0 Å². The van der Waals surface area contributed by atoms with Crippen LogP contribution in [-0.4, -0.2) is 33.0 Å². The molecule has 26 heavy (non-hydrogen) atoms. The lowest BCUT2D eigenvalue weighted by Gasteiger charge is -2.19. The number of nitrogen functional groups attached to an aromatic ring is 1. The van der Waals surface area contributed by atoms with Gasteiger partial charge in [-0.3, -0.25) is 4.68 Å². The zero-order valence-electron chi connectivity index (χ0n) is 16.0. The number of hydrogen-bond donors (Lipinski definition) is 2. The Morgan fingerprint density at radius 1 is 1.38 bits per heavy atom. The number of nitrogens with one attached hydrogen (secondary N) is 1. The van der Waals surface area contributed by atoms with Crippen molar-refractivity contribution in [1.82, 2.24) is 20.1 Å². The highest BCUT2D eigenvalue weighted by Crippen LogP contribution is 2.32. The van der Waals surface area contributed by atoms with Gasteiger partial charge < -0.3 is 15.8 Å². The molecule has 2 aromatic heterocycles. The van der Waals surface area contributed by atoms with Gasteiger partial charge in [0.1, 0.15) is 10.6 Å². The first-order chi connectivity index (χ1) is 12.2. The average Bonchev–Trinajstić information content (AvgIpc) is 2.84. The number of hydrogen-bond acceptors (Lipinski definition) is 6. The number of carbonyl (C=O) groups excluding carboxylic acids is 1. The van der Waals surface area contributed by atoms with Crippen molar-refractivity contribution in [2.45, 2.75) is 63.1 Å². The minimum Gasteiger partial charge on any atom is -0.444 e. The molecule has 0 aliphatic heterocycles. The number of anilines is 1. The van der Waals surface area contributed by atoms with E-state index in [-0.39, 0.29) is 0 Å². The van der Waals surface area contributed by atoms with E-state index in [9.17, 15) is 4.79 Å². The Balaban J connectivity index is 2.03. The van der Waals surface area contributed by atoms with Gasteiger partial charge in [0.15, 0.2) is 0 Å². The molecule has 0 aromatic carbocycles. The summed E-state index contributed by atoms with van der Waals surface area (Å²) >= 11 is 1.58. The second kappa shape index (κ2) is 8.44. The highest BCUT2D eigenvalue weighted by molar-refractivity contribution is 7.99. The summed E-state index contributed by atoms with van der Waals surface area (Å²) in [5, 5.41) is 8.31. The molecule has 2 aromatic rings. The number of alkyl carbamates (subject to hydrolysis) is 1. The number of pyridine rings is 1. The Kier molecular flexibility index (Phi) is 6.52. The topological polar surface area (TPSA) is 95.1 Å². The van der Waals surface area contributed by atoms with Gasteiger partial charge in [-0.2, -0.15) is 5.10 Å². The second-order valence-electron chi connectivity index (χ2n) is 6.90. The molecular formula is C18H27N5O2S. The van der Waals surface area contributed by atoms with Crippen LogP contribution < -0.4 is 11.1 Å². The fourth-order valence-corrected chi connectivity index (χ4v) is 3.32. The van der Waals surface area contributed by atoms with Gasteiger partial charge in [0, 0.05) is 12.2 Å². The normalized spacial score (nSPS) is 11.4. The SMILES string of the molecule is CCc1nn(CCNC(=O)OC(C)(C)C)c(C)c1Sc1ccc(N)cn1. The number of carbonyl (C=O) groups is 1. The van der Waals surface area contributed by atoms with Crippen molar-refractivity contribution in [3.8, 4) is 0 Å². The minimum atomic E-state index is -0.503. The van der Waals surface area contributed by atoms with Gasteiger partial charge in [0.25, 0.3) is 0 Å². The summed E-state index contributed by atoms with van der Waals surface area (Å²) < 4.78 is 7.15. The highest BCUT2D eigenvalue weighted by Gasteiger charge is 2.17. The fourth-order valence-electron chi connectivity index (χ4n) is 2.31. The number of rotatable bonds is 6. The van der Waals surface area contributed by atoms with E-state index in [4.69, 9.17) is 10.5 Å². The monoisotopic (exact) mass is 377 g/mol. The summed E-state index contributed by atoms with van der Waals surface area (Å²) in [6.07, 6.45) is 2.06. The molecule has 0 unspecified atom stereocenters. The molecule has 0 saturated heterocycles. The molecule has 0 aliphatic rings. The summed E-state index contributed by atoms with van der Waals surface area (Å²) in [5.74, 6) is 0. The molecule has 3 N–H and O–H groups in total. The number of ether oxygens (including phenoxy) is 1. The molecule has 0 saturated carbocycles. The van der Waals surface area contributed by atoms with Gasteiger partial charge in [-0.25, -0.2) is 9.78 Å². The number of nitrogens with two attached hydrogens (primary N) is 1. The molecule has 1 amide bonds. The van der Waals surface area contributed by atoms with Crippen molar-refractivity contribution in [1.29, 1.82) is 0 Å². The summed E-state index contributed by atoms with van der Waals surface area (Å²) in [5.41, 5.74) is 7.91. The number of nitrogens with zero attached hydrogens (tertiary/aromatic N) is 3. The third kappa shape index (κ3) is 5.66. The van der Waals surface area contributed by atoms with Gasteiger partial charge in [-0.05, 0) is 46.2 Å². The molecule has 0 spiro atoms. The van der Waals surface area contributed by atoms with Crippen molar-refractivity contribution < 1.29 is 9.53 Å². The molecule has 0 aliphatic carbocycles. The quantitative estimate of drug-likeness (QED) is 0.801. The van der Waals surface area contributed by atoms with Crippen molar-refractivity contribution in [3.05, 3.63) is 29.7 Å². The fraction of sp³-hybridized carbons (Fsp3) is 0.500. The average molecular weight is 378 g/mol. The van der Waals surface area contributed by atoms with Crippen LogP contribution in [0.2, 0.25) is 0 Å². The summed E-state index contributed by atoms with van der Waals surface area (Å²) in [6.45, 7) is 10.6. The van der Waals surface area contributed by atoms with Crippen LogP contribution >= 0.6 is 11.8 Å². The maximum Gasteiger partial charge on any atom is 0.407 e. The summed E-state index contributed by atoms with van der Waals surface area (Å²) in [7, 11) is 0. The number of aromatic nitrogens is 3. The first-order valence-electron chi connectivity index (χ1n) is 8.62.